The lowest BCUT2D eigenvalue weighted by Crippen LogP contribution is -2.29. The second kappa shape index (κ2) is 7.08. The minimum atomic E-state index is 0.0631. The van der Waals surface area contributed by atoms with Crippen LogP contribution in [0.5, 0.6) is 5.75 Å². The van der Waals surface area contributed by atoms with Crippen molar-refractivity contribution in [1.29, 1.82) is 0 Å². The number of H-pyrrole nitrogens is 1. The van der Waals surface area contributed by atoms with Crippen LogP contribution in [-0.4, -0.2) is 53.2 Å². The van der Waals surface area contributed by atoms with E-state index in [1.165, 1.54) is 0 Å². The van der Waals surface area contributed by atoms with Crippen LogP contribution in [0.1, 0.15) is 16.8 Å². The minimum Gasteiger partial charge on any atom is -0.497 e. The fourth-order valence-electron chi connectivity index (χ4n) is 2.99. The molecule has 1 aromatic carbocycles. The zero-order valence-electron chi connectivity index (χ0n) is 13.4. The quantitative estimate of drug-likeness (QED) is 0.915. The number of nitrogens with zero attached hydrogens (tertiary/aromatic N) is 2. The summed E-state index contributed by atoms with van der Waals surface area (Å²) in [6.45, 7) is 1.67. The largest absolute Gasteiger partial charge is 0.497 e. The number of aromatic amines is 1. The van der Waals surface area contributed by atoms with Gasteiger partial charge in [-0.1, -0.05) is 0 Å². The van der Waals surface area contributed by atoms with Crippen LogP contribution in [0, 0.1) is 5.92 Å². The Morgan fingerprint density at radius 1 is 1.43 bits per heavy atom. The molecule has 1 fully saturated rings. The molecule has 3 rings (SSSR count). The summed E-state index contributed by atoms with van der Waals surface area (Å²) in [5.74, 6) is 2.57. The Morgan fingerprint density at radius 2 is 2.22 bits per heavy atom. The van der Waals surface area contributed by atoms with Crippen LogP contribution in [0.3, 0.4) is 0 Å². The lowest BCUT2D eigenvalue weighted by atomic mass is 10.1. The Balaban J connectivity index is 1.79. The first-order valence-electron chi connectivity index (χ1n) is 7.69. The third-order valence-corrected chi connectivity index (χ3v) is 5.03. The topological polar surface area (TPSA) is 58.2 Å². The van der Waals surface area contributed by atoms with Gasteiger partial charge < -0.3 is 9.64 Å². The Bertz CT molecular complexity index is 669. The SMILES string of the molecule is COc1ccc(-c2[nH]ncc2C(=O)N2CC[C@@H](CSC)C2)cc1. The number of carbonyl (C=O) groups is 1. The lowest BCUT2D eigenvalue weighted by Gasteiger charge is -2.16. The maximum Gasteiger partial charge on any atom is 0.257 e. The van der Waals surface area contributed by atoms with Crippen LogP contribution in [0.4, 0.5) is 0 Å². The molecule has 122 valence electrons. The van der Waals surface area contributed by atoms with Crippen molar-refractivity contribution in [2.75, 3.05) is 32.2 Å². The average molecular weight is 331 g/mol. The van der Waals surface area contributed by atoms with E-state index in [2.05, 4.69) is 16.5 Å². The Kier molecular flexibility index (Phi) is 4.91. The van der Waals surface area contributed by atoms with E-state index in [-0.39, 0.29) is 5.91 Å². The number of hydrogen-bond donors (Lipinski definition) is 1. The Hall–Kier alpha value is -1.95. The Morgan fingerprint density at radius 3 is 2.91 bits per heavy atom. The average Bonchev–Trinajstić information content (AvgIpc) is 3.24. The van der Waals surface area contributed by atoms with Crippen molar-refractivity contribution in [1.82, 2.24) is 15.1 Å². The van der Waals surface area contributed by atoms with E-state index in [1.54, 1.807) is 13.3 Å². The number of carbonyl (C=O) groups excluding carboxylic acids is 1. The molecule has 1 aliphatic heterocycles. The van der Waals surface area contributed by atoms with E-state index in [4.69, 9.17) is 4.74 Å². The molecular weight excluding hydrogens is 310 g/mol. The van der Waals surface area contributed by atoms with Crippen molar-refractivity contribution >= 4 is 17.7 Å². The number of nitrogens with one attached hydrogen (secondary N) is 1. The van der Waals surface area contributed by atoms with Crippen molar-refractivity contribution in [3.63, 3.8) is 0 Å². The molecule has 1 aliphatic rings. The molecule has 1 aromatic heterocycles. The maximum atomic E-state index is 12.8. The monoisotopic (exact) mass is 331 g/mol. The molecule has 0 bridgehead atoms. The summed E-state index contributed by atoms with van der Waals surface area (Å²) in [5, 5.41) is 7.04. The van der Waals surface area contributed by atoms with Gasteiger partial charge in [0.05, 0.1) is 24.6 Å². The van der Waals surface area contributed by atoms with Gasteiger partial charge in [-0.2, -0.15) is 16.9 Å². The van der Waals surface area contributed by atoms with Crippen molar-refractivity contribution < 1.29 is 9.53 Å². The highest BCUT2D eigenvalue weighted by molar-refractivity contribution is 7.98. The molecule has 1 saturated heterocycles. The number of thioether (sulfide) groups is 1. The summed E-state index contributed by atoms with van der Waals surface area (Å²) < 4.78 is 5.18. The first-order valence-corrected chi connectivity index (χ1v) is 9.08. The zero-order chi connectivity index (χ0) is 16.2. The van der Waals surface area contributed by atoms with Gasteiger partial charge in [0.25, 0.3) is 5.91 Å². The number of rotatable bonds is 5. The van der Waals surface area contributed by atoms with Crippen molar-refractivity contribution in [2.45, 2.75) is 6.42 Å². The highest BCUT2D eigenvalue weighted by Crippen LogP contribution is 2.27. The smallest absolute Gasteiger partial charge is 0.257 e. The van der Waals surface area contributed by atoms with Gasteiger partial charge in [0.15, 0.2) is 0 Å². The molecule has 0 radical (unpaired) electrons. The molecule has 1 atom stereocenters. The third kappa shape index (κ3) is 3.37. The van der Waals surface area contributed by atoms with Gasteiger partial charge in [0.1, 0.15) is 5.75 Å². The molecule has 1 N–H and O–H groups in total. The molecule has 23 heavy (non-hydrogen) atoms. The molecular formula is C17H21N3O2S. The van der Waals surface area contributed by atoms with E-state index in [0.717, 1.165) is 42.3 Å². The molecule has 0 unspecified atom stereocenters. The number of benzene rings is 1. The van der Waals surface area contributed by atoms with Gasteiger partial charge in [0.2, 0.25) is 0 Å². The van der Waals surface area contributed by atoms with Gasteiger partial charge in [-0.15, -0.1) is 0 Å². The summed E-state index contributed by atoms with van der Waals surface area (Å²) in [4.78, 5) is 14.8. The van der Waals surface area contributed by atoms with Crippen LogP contribution in [-0.2, 0) is 0 Å². The molecule has 0 saturated carbocycles. The molecule has 5 nitrogen and oxygen atoms in total. The highest BCUT2D eigenvalue weighted by Gasteiger charge is 2.28. The van der Waals surface area contributed by atoms with Gasteiger partial charge >= 0.3 is 0 Å². The maximum absolute atomic E-state index is 12.8. The van der Waals surface area contributed by atoms with E-state index in [1.807, 2.05) is 40.9 Å². The van der Waals surface area contributed by atoms with E-state index >= 15 is 0 Å². The van der Waals surface area contributed by atoms with Crippen LogP contribution in [0.2, 0.25) is 0 Å². The third-order valence-electron chi connectivity index (χ3n) is 4.22. The highest BCUT2D eigenvalue weighted by atomic mass is 32.2. The standard InChI is InChI=1S/C17H21N3O2S/c1-22-14-5-3-13(4-6-14)16-15(9-18-19-16)17(21)20-8-7-12(10-20)11-23-2/h3-6,9,12H,7-8,10-11H2,1-2H3,(H,18,19)/t12-/m1/s1. The first-order chi connectivity index (χ1) is 11.2. The van der Waals surface area contributed by atoms with Crippen molar-refractivity contribution in [3.8, 4) is 17.0 Å². The van der Waals surface area contributed by atoms with Crippen LogP contribution < -0.4 is 4.74 Å². The first kappa shape index (κ1) is 15.9. The lowest BCUT2D eigenvalue weighted by molar-refractivity contribution is 0.0789. The Labute approximate surface area is 140 Å². The summed E-state index contributed by atoms with van der Waals surface area (Å²) in [7, 11) is 1.64. The number of methoxy groups -OCH3 is 1. The van der Waals surface area contributed by atoms with Gasteiger partial charge in [-0.3, -0.25) is 9.89 Å². The minimum absolute atomic E-state index is 0.0631. The molecule has 0 aliphatic carbocycles. The number of aromatic nitrogens is 2. The fourth-order valence-corrected chi connectivity index (χ4v) is 3.73. The molecule has 2 aromatic rings. The second-order valence-corrected chi connectivity index (χ2v) is 6.66. The van der Waals surface area contributed by atoms with Crippen LogP contribution in [0.25, 0.3) is 11.3 Å². The van der Waals surface area contributed by atoms with E-state index < -0.39 is 0 Å². The second-order valence-electron chi connectivity index (χ2n) is 5.75. The molecule has 2 heterocycles. The molecule has 1 amide bonds. The number of hydrogen-bond acceptors (Lipinski definition) is 4. The summed E-state index contributed by atoms with van der Waals surface area (Å²) >= 11 is 1.85. The summed E-state index contributed by atoms with van der Waals surface area (Å²) in [5.41, 5.74) is 2.34. The van der Waals surface area contributed by atoms with Gasteiger partial charge in [0, 0.05) is 18.7 Å². The van der Waals surface area contributed by atoms with E-state index in [0.29, 0.717) is 11.5 Å². The summed E-state index contributed by atoms with van der Waals surface area (Å²) in [6, 6.07) is 7.64. The van der Waals surface area contributed by atoms with Crippen molar-refractivity contribution in [3.05, 3.63) is 36.0 Å². The normalized spacial score (nSPS) is 17.5. The molecule has 0 spiro atoms. The van der Waals surface area contributed by atoms with Gasteiger partial charge in [-0.05, 0) is 48.6 Å². The van der Waals surface area contributed by atoms with E-state index in [9.17, 15) is 4.79 Å². The fraction of sp³-hybridized carbons (Fsp3) is 0.412. The number of likely N-dealkylation sites (tertiary alicyclic amines) is 1. The zero-order valence-corrected chi connectivity index (χ0v) is 14.2. The summed E-state index contributed by atoms with van der Waals surface area (Å²) in [6.07, 6.45) is 4.83. The predicted octanol–water partition coefficient (Wildman–Crippen LogP) is 2.91. The van der Waals surface area contributed by atoms with Crippen LogP contribution in [0.15, 0.2) is 30.5 Å². The predicted molar refractivity (Wildman–Crippen MR) is 93.0 cm³/mol. The van der Waals surface area contributed by atoms with Crippen molar-refractivity contribution in [2.24, 2.45) is 5.92 Å². The number of ether oxygens (including phenoxy) is 1. The van der Waals surface area contributed by atoms with Crippen LogP contribution >= 0.6 is 11.8 Å². The molecule has 6 heteroatoms. The van der Waals surface area contributed by atoms with Gasteiger partial charge in [-0.25, -0.2) is 0 Å². The number of amides is 1.